The fourth-order valence-corrected chi connectivity index (χ4v) is 4.30. The molecule has 0 saturated heterocycles. The minimum atomic E-state index is -0.275. The van der Waals surface area contributed by atoms with Gasteiger partial charge in [0.25, 0.3) is 0 Å². The third kappa shape index (κ3) is 5.61. The van der Waals surface area contributed by atoms with Crippen LogP contribution in [0.2, 0.25) is 0 Å². The van der Waals surface area contributed by atoms with E-state index in [4.69, 9.17) is 0 Å². The molecule has 0 aliphatic heterocycles. The molecular weight excluding hydrogens is 353 g/mol. The molecule has 1 unspecified atom stereocenters. The molecule has 0 radical (unpaired) electrons. The predicted octanol–water partition coefficient (Wildman–Crippen LogP) is 3.99. The van der Waals surface area contributed by atoms with Gasteiger partial charge in [0.15, 0.2) is 0 Å². The van der Waals surface area contributed by atoms with E-state index in [9.17, 15) is 9.18 Å². The lowest BCUT2D eigenvalue weighted by Crippen LogP contribution is -2.35. The van der Waals surface area contributed by atoms with Crippen molar-refractivity contribution in [2.24, 2.45) is 11.8 Å². The van der Waals surface area contributed by atoms with Crippen molar-refractivity contribution >= 4 is 5.91 Å². The Balaban J connectivity index is 1.45. The average molecular weight is 384 g/mol. The first-order valence-electron chi connectivity index (χ1n) is 10.1. The second-order valence-corrected chi connectivity index (χ2v) is 8.05. The Morgan fingerprint density at radius 1 is 1.14 bits per heavy atom. The van der Waals surface area contributed by atoms with Gasteiger partial charge in [-0.15, -0.1) is 0 Å². The van der Waals surface area contributed by atoms with Crippen molar-refractivity contribution in [1.29, 1.82) is 0 Å². The third-order valence-electron chi connectivity index (χ3n) is 5.75. The summed E-state index contributed by atoms with van der Waals surface area (Å²) in [5, 5.41) is 3.06. The Morgan fingerprint density at radius 3 is 2.46 bits per heavy atom. The quantitative estimate of drug-likeness (QED) is 0.786. The molecule has 1 N–H and O–H groups in total. The molecular formula is C23H30FN3O. The summed E-state index contributed by atoms with van der Waals surface area (Å²) in [7, 11) is 4.25. The predicted molar refractivity (Wildman–Crippen MR) is 109 cm³/mol. The monoisotopic (exact) mass is 383 g/mol. The lowest BCUT2D eigenvalue weighted by Gasteiger charge is -2.37. The first-order chi connectivity index (χ1) is 13.5. The fraction of sp³-hybridized carbons (Fsp3) is 0.478. The molecule has 1 atom stereocenters. The minimum absolute atomic E-state index is 0.00776. The Hall–Kier alpha value is -2.27. The van der Waals surface area contributed by atoms with Gasteiger partial charge in [0.1, 0.15) is 5.82 Å². The summed E-state index contributed by atoms with van der Waals surface area (Å²) in [6.45, 7) is 0.725. The Morgan fingerprint density at radius 2 is 1.86 bits per heavy atom. The van der Waals surface area contributed by atoms with Crippen molar-refractivity contribution in [3.63, 3.8) is 0 Å². The largest absolute Gasteiger partial charge is 0.356 e. The number of nitrogens with zero attached hydrogens (tertiary/aromatic N) is 2. The van der Waals surface area contributed by atoms with Gasteiger partial charge < -0.3 is 10.2 Å². The highest BCUT2D eigenvalue weighted by Crippen LogP contribution is 2.38. The normalized spacial score (nSPS) is 20.7. The lowest BCUT2D eigenvalue weighted by molar-refractivity contribution is -0.120. The average Bonchev–Trinajstić information content (AvgIpc) is 2.70. The minimum Gasteiger partial charge on any atom is -0.356 e. The Bertz CT molecular complexity index is 740. The van der Waals surface area contributed by atoms with Crippen LogP contribution in [0, 0.1) is 17.7 Å². The standard InChI is InChI=1S/C23H30FN3O/c1-27(2)23(21-5-3-4-14-25-21)19-10-6-18(7-11-19)16-26-22(28)15-17-8-12-20(24)13-9-17/h3-5,8-9,12-14,18-19,23H,6-7,10-11,15-16H2,1-2H3,(H,26,28). The fourth-order valence-electron chi connectivity index (χ4n) is 4.30. The van der Waals surface area contributed by atoms with Crippen molar-refractivity contribution in [2.45, 2.75) is 38.1 Å². The van der Waals surface area contributed by atoms with E-state index in [1.807, 2.05) is 12.3 Å². The van der Waals surface area contributed by atoms with E-state index in [-0.39, 0.29) is 11.7 Å². The number of benzene rings is 1. The van der Waals surface area contributed by atoms with Crippen molar-refractivity contribution in [1.82, 2.24) is 15.2 Å². The summed E-state index contributed by atoms with van der Waals surface area (Å²) in [6, 6.07) is 12.6. The van der Waals surface area contributed by atoms with E-state index in [1.165, 1.54) is 12.1 Å². The molecule has 1 fully saturated rings. The number of rotatable bonds is 7. The number of hydrogen-bond acceptors (Lipinski definition) is 3. The van der Waals surface area contributed by atoms with E-state index < -0.39 is 0 Å². The number of halogens is 1. The van der Waals surface area contributed by atoms with Gasteiger partial charge >= 0.3 is 0 Å². The molecule has 2 aromatic rings. The summed E-state index contributed by atoms with van der Waals surface area (Å²) in [6.07, 6.45) is 6.72. The zero-order valence-electron chi connectivity index (χ0n) is 16.8. The summed E-state index contributed by atoms with van der Waals surface area (Å²) in [5.41, 5.74) is 1.98. The summed E-state index contributed by atoms with van der Waals surface area (Å²) in [5.74, 6) is 0.854. The molecule has 1 aliphatic rings. The van der Waals surface area contributed by atoms with Gasteiger partial charge in [0.05, 0.1) is 18.2 Å². The van der Waals surface area contributed by atoms with Crippen LogP contribution in [0.25, 0.3) is 0 Å². The van der Waals surface area contributed by atoms with E-state index in [0.717, 1.165) is 43.5 Å². The zero-order valence-corrected chi connectivity index (χ0v) is 16.8. The summed E-state index contributed by atoms with van der Waals surface area (Å²) < 4.78 is 13.0. The van der Waals surface area contributed by atoms with Crippen molar-refractivity contribution in [3.8, 4) is 0 Å². The molecule has 1 heterocycles. The number of amides is 1. The number of aromatic nitrogens is 1. The molecule has 1 saturated carbocycles. The molecule has 1 amide bonds. The summed E-state index contributed by atoms with van der Waals surface area (Å²) >= 11 is 0. The Kier molecular flexibility index (Phi) is 7.15. The van der Waals surface area contributed by atoms with Crippen LogP contribution in [0.3, 0.4) is 0 Å². The number of hydrogen-bond donors (Lipinski definition) is 1. The molecule has 150 valence electrons. The third-order valence-corrected chi connectivity index (χ3v) is 5.75. The number of carbonyl (C=O) groups is 1. The van der Waals surface area contributed by atoms with Gasteiger partial charge in [-0.3, -0.25) is 9.78 Å². The van der Waals surface area contributed by atoms with E-state index in [1.54, 1.807) is 12.1 Å². The van der Waals surface area contributed by atoms with Crippen molar-refractivity contribution in [2.75, 3.05) is 20.6 Å². The number of nitrogens with one attached hydrogen (secondary N) is 1. The highest BCUT2D eigenvalue weighted by atomic mass is 19.1. The molecule has 5 heteroatoms. The molecule has 1 aromatic heterocycles. The lowest BCUT2D eigenvalue weighted by atomic mass is 9.77. The maximum absolute atomic E-state index is 13.0. The molecule has 0 bridgehead atoms. The molecule has 0 spiro atoms. The zero-order chi connectivity index (χ0) is 19.9. The SMILES string of the molecule is CN(C)C(c1ccccn1)C1CCC(CNC(=O)Cc2ccc(F)cc2)CC1. The van der Waals surface area contributed by atoms with E-state index >= 15 is 0 Å². The first kappa shape index (κ1) is 20.5. The second kappa shape index (κ2) is 9.78. The molecule has 3 rings (SSSR count). The molecule has 1 aliphatic carbocycles. The van der Waals surface area contributed by atoms with Crippen LogP contribution in [-0.2, 0) is 11.2 Å². The smallest absolute Gasteiger partial charge is 0.224 e. The van der Waals surface area contributed by atoms with Crippen LogP contribution in [0.15, 0.2) is 48.7 Å². The second-order valence-electron chi connectivity index (χ2n) is 8.05. The van der Waals surface area contributed by atoms with Gasteiger partial charge in [0, 0.05) is 12.7 Å². The number of carbonyl (C=O) groups excluding carboxylic acids is 1. The van der Waals surface area contributed by atoms with Gasteiger partial charge in [-0.2, -0.15) is 0 Å². The van der Waals surface area contributed by atoms with Crippen LogP contribution in [0.1, 0.15) is 43.0 Å². The number of pyridine rings is 1. The van der Waals surface area contributed by atoms with Gasteiger partial charge in [-0.05, 0) is 81.4 Å². The molecule has 1 aromatic carbocycles. The highest BCUT2D eigenvalue weighted by molar-refractivity contribution is 5.78. The van der Waals surface area contributed by atoms with Crippen LogP contribution >= 0.6 is 0 Å². The van der Waals surface area contributed by atoms with Gasteiger partial charge in [0.2, 0.25) is 5.91 Å². The van der Waals surface area contributed by atoms with Crippen molar-refractivity contribution in [3.05, 3.63) is 65.7 Å². The maximum Gasteiger partial charge on any atom is 0.224 e. The van der Waals surface area contributed by atoms with Gasteiger partial charge in [-0.1, -0.05) is 18.2 Å². The van der Waals surface area contributed by atoms with Crippen LogP contribution in [-0.4, -0.2) is 36.4 Å². The topological polar surface area (TPSA) is 45.2 Å². The van der Waals surface area contributed by atoms with Gasteiger partial charge in [-0.25, -0.2) is 4.39 Å². The van der Waals surface area contributed by atoms with Crippen LogP contribution in [0.5, 0.6) is 0 Å². The van der Waals surface area contributed by atoms with E-state index in [2.05, 4.69) is 41.4 Å². The summed E-state index contributed by atoms with van der Waals surface area (Å²) in [4.78, 5) is 19.0. The van der Waals surface area contributed by atoms with Crippen molar-refractivity contribution < 1.29 is 9.18 Å². The maximum atomic E-state index is 13.0. The van der Waals surface area contributed by atoms with E-state index in [0.29, 0.717) is 24.3 Å². The Labute approximate surface area is 167 Å². The van der Waals surface area contributed by atoms with Crippen LogP contribution < -0.4 is 5.32 Å². The highest BCUT2D eigenvalue weighted by Gasteiger charge is 2.30. The van der Waals surface area contributed by atoms with Crippen LogP contribution in [0.4, 0.5) is 4.39 Å². The first-order valence-corrected chi connectivity index (χ1v) is 10.1. The molecule has 28 heavy (non-hydrogen) atoms. The molecule has 4 nitrogen and oxygen atoms in total.